The zero-order valence-electron chi connectivity index (χ0n) is 15.1. The number of nitrogens with zero attached hydrogens (tertiary/aromatic N) is 1. The Kier molecular flexibility index (Phi) is 6.98. The van der Waals surface area contributed by atoms with Crippen molar-refractivity contribution in [3.8, 4) is 0 Å². The Bertz CT molecular complexity index is 907. The molecule has 8 heteroatoms. The fourth-order valence-corrected chi connectivity index (χ4v) is 3.33. The highest BCUT2D eigenvalue weighted by Gasteiger charge is 2.23. The summed E-state index contributed by atoms with van der Waals surface area (Å²) in [5, 5.41) is 3.40. The molecule has 1 aromatic heterocycles. The molecule has 0 spiro atoms. The number of ether oxygens (including phenoxy) is 1. The van der Waals surface area contributed by atoms with Crippen LogP contribution in [0.15, 0.2) is 29.7 Å². The number of H-pyrrole nitrogens is 1. The fraction of sp³-hybridized carbons (Fsp3) is 0.368. The highest BCUT2D eigenvalue weighted by atomic mass is 35.5. The Balaban J connectivity index is 0.00000261. The molecule has 1 aromatic carbocycles. The minimum atomic E-state index is -0.752. The van der Waals surface area contributed by atoms with Gasteiger partial charge in [0, 0.05) is 43.3 Å². The van der Waals surface area contributed by atoms with Crippen LogP contribution in [0, 0.1) is 5.82 Å². The number of fused-ring (bicyclic) bond motifs is 1. The van der Waals surface area contributed by atoms with Gasteiger partial charge in [0.15, 0.2) is 0 Å². The van der Waals surface area contributed by atoms with Crippen molar-refractivity contribution in [3.63, 3.8) is 0 Å². The second-order valence-corrected chi connectivity index (χ2v) is 6.12. The summed E-state index contributed by atoms with van der Waals surface area (Å²) in [5.41, 5.74) is 1.15. The zero-order valence-corrected chi connectivity index (χ0v) is 16.0. The average molecular weight is 396 g/mol. The topological polar surface area (TPSA) is 74.4 Å². The van der Waals surface area contributed by atoms with Crippen LogP contribution < -0.4 is 15.6 Å². The number of nitrogens with one attached hydrogen (secondary N) is 2. The van der Waals surface area contributed by atoms with E-state index in [1.807, 2.05) is 11.8 Å². The number of benzene rings is 1. The summed E-state index contributed by atoms with van der Waals surface area (Å²) in [6.45, 7) is 8.36. The second kappa shape index (κ2) is 9.01. The maximum absolute atomic E-state index is 14.9. The fourth-order valence-electron chi connectivity index (χ4n) is 3.33. The molecule has 0 bridgehead atoms. The SMILES string of the molecule is C=CCOC(=O)c1c[nH]c2c(CC)c(N3CCNCC3)c(F)cc2c1=O.Cl. The molecule has 0 unspecified atom stereocenters. The lowest BCUT2D eigenvalue weighted by atomic mass is 10.0. The molecule has 0 aliphatic carbocycles. The molecule has 3 rings (SSSR count). The normalized spacial score (nSPS) is 13.9. The van der Waals surface area contributed by atoms with E-state index in [1.165, 1.54) is 18.3 Å². The molecule has 1 saturated heterocycles. The Morgan fingerprint density at radius 2 is 2.11 bits per heavy atom. The van der Waals surface area contributed by atoms with Crippen molar-refractivity contribution in [2.75, 3.05) is 37.7 Å². The molecular weight excluding hydrogens is 373 g/mol. The van der Waals surface area contributed by atoms with Gasteiger partial charge < -0.3 is 19.9 Å². The van der Waals surface area contributed by atoms with Crippen LogP contribution in [-0.4, -0.2) is 43.7 Å². The molecule has 27 heavy (non-hydrogen) atoms. The number of piperazine rings is 1. The minimum Gasteiger partial charge on any atom is -0.458 e. The summed E-state index contributed by atoms with van der Waals surface area (Å²) in [6.07, 6.45) is 3.32. The van der Waals surface area contributed by atoms with E-state index in [0.717, 1.165) is 18.7 Å². The van der Waals surface area contributed by atoms with E-state index in [4.69, 9.17) is 4.74 Å². The van der Waals surface area contributed by atoms with E-state index < -0.39 is 17.2 Å². The molecule has 0 radical (unpaired) electrons. The summed E-state index contributed by atoms with van der Waals surface area (Å²) < 4.78 is 19.8. The first-order valence-corrected chi connectivity index (χ1v) is 8.69. The van der Waals surface area contributed by atoms with Gasteiger partial charge in [0.25, 0.3) is 0 Å². The smallest absolute Gasteiger partial charge is 0.343 e. The number of pyridine rings is 1. The first-order chi connectivity index (χ1) is 12.6. The summed E-state index contributed by atoms with van der Waals surface area (Å²) in [5.74, 6) is -1.20. The largest absolute Gasteiger partial charge is 0.458 e. The van der Waals surface area contributed by atoms with Crippen molar-refractivity contribution < 1.29 is 13.9 Å². The van der Waals surface area contributed by atoms with E-state index in [0.29, 0.717) is 30.7 Å². The highest BCUT2D eigenvalue weighted by Crippen LogP contribution is 2.31. The lowest BCUT2D eigenvalue weighted by Crippen LogP contribution is -2.44. The third kappa shape index (κ3) is 3.99. The predicted molar refractivity (Wildman–Crippen MR) is 107 cm³/mol. The number of halogens is 2. The van der Waals surface area contributed by atoms with Crippen molar-refractivity contribution in [2.45, 2.75) is 13.3 Å². The Morgan fingerprint density at radius 1 is 1.41 bits per heavy atom. The molecular formula is C19H23ClFN3O3. The van der Waals surface area contributed by atoms with Crippen LogP contribution >= 0.6 is 12.4 Å². The third-order valence-electron chi connectivity index (χ3n) is 4.54. The Morgan fingerprint density at radius 3 is 2.74 bits per heavy atom. The van der Waals surface area contributed by atoms with E-state index >= 15 is 0 Å². The van der Waals surface area contributed by atoms with Crippen LogP contribution in [0.25, 0.3) is 10.9 Å². The zero-order chi connectivity index (χ0) is 18.7. The lowest BCUT2D eigenvalue weighted by Gasteiger charge is -2.31. The number of hydrogen-bond acceptors (Lipinski definition) is 5. The number of rotatable bonds is 5. The number of aryl methyl sites for hydroxylation is 1. The summed E-state index contributed by atoms with van der Waals surface area (Å²) in [6, 6.07) is 1.22. The van der Waals surface area contributed by atoms with Gasteiger partial charge in [0.2, 0.25) is 5.43 Å². The quantitative estimate of drug-likeness (QED) is 0.600. The van der Waals surface area contributed by atoms with Gasteiger partial charge in [-0.05, 0) is 12.5 Å². The number of anilines is 1. The summed E-state index contributed by atoms with van der Waals surface area (Å²) >= 11 is 0. The van der Waals surface area contributed by atoms with Crippen molar-refractivity contribution in [3.05, 3.63) is 52.1 Å². The van der Waals surface area contributed by atoms with Gasteiger partial charge in [-0.3, -0.25) is 4.79 Å². The average Bonchev–Trinajstić information content (AvgIpc) is 2.66. The Hall–Kier alpha value is -2.38. The van der Waals surface area contributed by atoms with Crippen molar-refractivity contribution in [1.29, 1.82) is 0 Å². The van der Waals surface area contributed by atoms with Gasteiger partial charge in [-0.2, -0.15) is 0 Å². The van der Waals surface area contributed by atoms with Gasteiger partial charge >= 0.3 is 5.97 Å². The van der Waals surface area contributed by atoms with E-state index in [2.05, 4.69) is 16.9 Å². The van der Waals surface area contributed by atoms with Gasteiger partial charge in [-0.25, -0.2) is 9.18 Å². The van der Waals surface area contributed by atoms with Crippen LogP contribution in [-0.2, 0) is 11.2 Å². The molecule has 1 aliphatic heterocycles. The molecule has 146 valence electrons. The first kappa shape index (κ1) is 20.9. The van der Waals surface area contributed by atoms with Crippen molar-refractivity contribution in [2.24, 2.45) is 0 Å². The van der Waals surface area contributed by atoms with Crippen LogP contribution in [0.5, 0.6) is 0 Å². The van der Waals surface area contributed by atoms with Gasteiger partial charge in [0.1, 0.15) is 18.0 Å². The molecule has 2 aromatic rings. The molecule has 0 atom stereocenters. The number of aromatic amines is 1. The minimum absolute atomic E-state index is 0. The van der Waals surface area contributed by atoms with Crippen LogP contribution in [0.4, 0.5) is 10.1 Å². The number of carbonyl (C=O) groups is 1. The number of hydrogen-bond donors (Lipinski definition) is 2. The molecule has 1 aliphatic rings. The van der Waals surface area contributed by atoms with E-state index in [1.54, 1.807) is 0 Å². The van der Waals surface area contributed by atoms with Crippen LogP contribution in [0.1, 0.15) is 22.8 Å². The van der Waals surface area contributed by atoms with Gasteiger partial charge in [0.05, 0.1) is 11.2 Å². The summed E-state index contributed by atoms with van der Waals surface area (Å²) in [7, 11) is 0. The van der Waals surface area contributed by atoms with Gasteiger partial charge in [-0.15, -0.1) is 12.4 Å². The number of carbonyl (C=O) groups excluding carboxylic acids is 1. The van der Waals surface area contributed by atoms with Crippen molar-refractivity contribution in [1.82, 2.24) is 10.3 Å². The monoisotopic (exact) mass is 395 g/mol. The van der Waals surface area contributed by atoms with Crippen LogP contribution in [0.2, 0.25) is 0 Å². The number of aromatic nitrogens is 1. The summed E-state index contributed by atoms with van der Waals surface area (Å²) in [4.78, 5) is 29.7. The van der Waals surface area contributed by atoms with E-state index in [-0.39, 0.29) is 30.0 Å². The molecule has 0 saturated carbocycles. The number of esters is 1. The maximum atomic E-state index is 14.9. The molecule has 6 nitrogen and oxygen atoms in total. The van der Waals surface area contributed by atoms with Crippen LogP contribution in [0.3, 0.4) is 0 Å². The molecule has 0 amide bonds. The molecule has 2 N–H and O–H groups in total. The standard InChI is InChI=1S/C19H22FN3O3.ClH/c1-3-9-26-19(25)14-11-22-16-12(4-2)17(23-7-5-21-6-8-23)15(20)10-13(16)18(14)24;/h3,10-11,21H,1,4-9H2,2H3,(H,22,24);1H. The predicted octanol–water partition coefficient (Wildman–Crippen LogP) is 2.40. The van der Waals surface area contributed by atoms with Crippen molar-refractivity contribution >= 4 is 35.0 Å². The lowest BCUT2D eigenvalue weighted by molar-refractivity contribution is 0.0548. The maximum Gasteiger partial charge on any atom is 0.343 e. The van der Waals surface area contributed by atoms with E-state index in [9.17, 15) is 14.0 Å². The van der Waals surface area contributed by atoms with Gasteiger partial charge in [-0.1, -0.05) is 19.6 Å². The second-order valence-electron chi connectivity index (χ2n) is 6.12. The highest BCUT2D eigenvalue weighted by molar-refractivity contribution is 5.95. The molecule has 2 heterocycles. The molecule has 1 fully saturated rings. The third-order valence-corrected chi connectivity index (χ3v) is 4.54. The Labute approximate surface area is 162 Å². The first-order valence-electron chi connectivity index (χ1n) is 8.69.